The first-order chi connectivity index (χ1) is 10.8. The molecule has 0 radical (unpaired) electrons. The van der Waals surface area contributed by atoms with Gasteiger partial charge in [-0.2, -0.15) is 5.26 Å². The van der Waals surface area contributed by atoms with E-state index in [0.29, 0.717) is 24.5 Å². The molecule has 1 unspecified atom stereocenters. The minimum Gasteiger partial charge on any atom is -0.376 e. The number of carbonyl (C=O) groups is 1. The van der Waals surface area contributed by atoms with Gasteiger partial charge in [0.25, 0.3) is 0 Å². The summed E-state index contributed by atoms with van der Waals surface area (Å²) in [4.78, 5) is 14.3. The summed E-state index contributed by atoms with van der Waals surface area (Å²) < 4.78 is 7.54. The van der Waals surface area contributed by atoms with Gasteiger partial charge in [-0.15, -0.1) is 0 Å². The lowest BCUT2D eigenvalue weighted by Crippen LogP contribution is -2.40. The van der Waals surface area contributed by atoms with E-state index in [-0.39, 0.29) is 17.7 Å². The molecule has 1 atom stereocenters. The van der Waals surface area contributed by atoms with Gasteiger partial charge in [0.2, 0.25) is 0 Å². The standard InChI is InChI=1S/C17H26N4O2/c1-5-20(12-14-7-6-8-23-14)16(22)19-15-9-13(10-18)11-21(15)17(2,3)4/h9,11,14H,5-8,12H2,1-4H3,(H,19,22). The Bertz CT molecular complexity index is 589. The normalized spacial score (nSPS) is 17.8. The van der Waals surface area contributed by atoms with Crippen molar-refractivity contribution in [1.29, 1.82) is 5.26 Å². The molecule has 6 heteroatoms. The van der Waals surface area contributed by atoms with Gasteiger partial charge in [0.1, 0.15) is 11.9 Å². The molecule has 2 amide bonds. The number of hydrogen-bond donors (Lipinski definition) is 1. The first kappa shape index (κ1) is 17.4. The largest absolute Gasteiger partial charge is 0.376 e. The molecule has 1 aliphatic rings. The first-order valence-corrected chi connectivity index (χ1v) is 8.15. The Morgan fingerprint density at radius 2 is 2.30 bits per heavy atom. The second-order valence-electron chi connectivity index (χ2n) is 6.87. The van der Waals surface area contributed by atoms with E-state index in [9.17, 15) is 4.79 Å². The maximum Gasteiger partial charge on any atom is 0.323 e. The third-order valence-electron chi connectivity index (χ3n) is 4.02. The second-order valence-corrected chi connectivity index (χ2v) is 6.87. The summed E-state index contributed by atoms with van der Waals surface area (Å²) in [6.07, 6.45) is 3.96. The van der Waals surface area contributed by atoms with E-state index >= 15 is 0 Å². The highest BCUT2D eigenvalue weighted by Crippen LogP contribution is 2.24. The first-order valence-electron chi connectivity index (χ1n) is 8.15. The molecule has 1 aromatic rings. The number of nitriles is 1. The van der Waals surface area contributed by atoms with Crippen LogP contribution in [-0.2, 0) is 10.3 Å². The smallest absolute Gasteiger partial charge is 0.323 e. The molecule has 0 saturated carbocycles. The fraction of sp³-hybridized carbons (Fsp3) is 0.647. The van der Waals surface area contributed by atoms with E-state index in [0.717, 1.165) is 19.4 Å². The fourth-order valence-electron chi connectivity index (χ4n) is 2.75. The van der Waals surface area contributed by atoms with Crippen LogP contribution < -0.4 is 5.32 Å². The van der Waals surface area contributed by atoms with Crippen LogP contribution in [0.2, 0.25) is 0 Å². The van der Waals surface area contributed by atoms with Crippen LogP contribution in [-0.4, -0.2) is 41.3 Å². The van der Waals surface area contributed by atoms with Crippen LogP contribution >= 0.6 is 0 Å². The van der Waals surface area contributed by atoms with Gasteiger partial charge in [0.15, 0.2) is 0 Å². The quantitative estimate of drug-likeness (QED) is 0.927. The molecular formula is C17H26N4O2. The van der Waals surface area contributed by atoms with Crippen molar-refractivity contribution in [2.24, 2.45) is 0 Å². The van der Waals surface area contributed by atoms with Crippen molar-refractivity contribution in [1.82, 2.24) is 9.47 Å². The maximum absolute atomic E-state index is 12.6. The lowest BCUT2D eigenvalue weighted by atomic mass is 10.1. The van der Waals surface area contributed by atoms with Gasteiger partial charge < -0.3 is 14.2 Å². The lowest BCUT2D eigenvalue weighted by Gasteiger charge is -2.27. The van der Waals surface area contributed by atoms with E-state index < -0.39 is 0 Å². The monoisotopic (exact) mass is 318 g/mol. The van der Waals surface area contributed by atoms with Gasteiger partial charge in [-0.3, -0.25) is 5.32 Å². The Balaban J connectivity index is 2.11. The molecule has 0 aliphatic carbocycles. The third kappa shape index (κ3) is 4.26. The van der Waals surface area contributed by atoms with Crippen LogP contribution in [0.3, 0.4) is 0 Å². The third-order valence-corrected chi connectivity index (χ3v) is 4.02. The Hall–Kier alpha value is -2.00. The van der Waals surface area contributed by atoms with Gasteiger partial charge in [0.05, 0.1) is 11.7 Å². The number of ether oxygens (including phenoxy) is 1. The van der Waals surface area contributed by atoms with Crippen molar-refractivity contribution in [3.8, 4) is 6.07 Å². The van der Waals surface area contributed by atoms with Crippen molar-refractivity contribution in [3.63, 3.8) is 0 Å². The zero-order chi connectivity index (χ0) is 17.0. The number of anilines is 1. The van der Waals surface area contributed by atoms with E-state index in [1.807, 2.05) is 32.3 Å². The van der Waals surface area contributed by atoms with E-state index in [1.54, 1.807) is 17.2 Å². The summed E-state index contributed by atoms with van der Waals surface area (Å²) >= 11 is 0. The summed E-state index contributed by atoms with van der Waals surface area (Å²) in [6.45, 7) is 10.1. The highest BCUT2D eigenvalue weighted by molar-refractivity contribution is 5.88. The zero-order valence-corrected chi connectivity index (χ0v) is 14.4. The van der Waals surface area contributed by atoms with Crippen LogP contribution in [0.1, 0.15) is 46.1 Å². The highest BCUT2D eigenvalue weighted by Gasteiger charge is 2.24. The maximum atomic E-state index is 12.6. The SMILES string of the molecule is CCN(CC1CCCO1)C(=O)Nc1cc(C#N)cn1C(C)(C)C. The Labute approximate surface area is 138 Å². The minimum absolute atomic E-state index is 0.129. The number of carbonyl (C=O) groups excluding carboxylic acids is 1. The molecule has 0 bridgehead atoms. The van der Waals surface area contributed by atoms with Crippen molar-refractivity contribution in [3.05, 3.63) is 17.8 Å². The highest BCUT2D eigenvalue weighted by atomic mass is 16.5. The molecule has 0 aromatic carbocycles. The second kappa shape index (κ2) is 7.05. The predicted molar refractivity (Wildman–Crippen MR) is 89.4 cm³/mol. The average Bonchev–Trinajstić information content (AvgIpc) is 3.12. The van der Waals surface area contributed by atoms with Crippen molar-refractivity contribution < 1.29 is 9.53 Å². The van der Waals surface area contributed by atoms with Crippen molar-refractivity contribution in [2.45, 2.75) is 52.2 Å². The van der Waals surface area contributed by atoms with Gasteiger partial charge >= 0.3 is 6.03 Å². The number of amides is 2. The molecule has 6 nitrogen and oxygen atoms in total. The van der Waals surface area contributed by atoms with Gasteiger partial charge in [-0.25, -0.2) is 4.79 Å². The summed E-state index contributed by atoms with van der Waals surface area (Å²) in [5.74, 6) is 0.643. The number of nitrogens with one attached hydrogen (secondary N) is 1. The van der Waals surface area contributed by atoms with E-state index in [2.05, 4.69) is 11.4 Å². The van der Waals surface area contributed by atoms with Crippen LogP contribution in [0, 0.1) is 11.3 Å². The Morgan fingerprint density at radius 3 is 2.83 bits per heavy atom. The Kier molecular flexibility index (Phi) is 5.32. The lowest BCUT2D eigenvalue weighted by molar-refractivity contribution is 0.0849. The summed E-state index contributed by atoms with van der Waals surface area (Å²) in [5, 5.41) is 12.1. The molecule has 2 heterocycles. The van der Waals surface area contributed by atoms with E-state index in [4.69, 9.17) is 10.00 Å². The Morgan fingerprint density at radius 1 is 1.57 bits per heavy atom. The number of likely N-dealkylation sites (N-methyl/N-ethyl adjacent to an activating group) is 1. The molecule has 1 N–H and O–H groups in total. The minimum atomic E-state index is -0.219. The molecule has 126 valence electrons. The summed E-state index contributed by atoms with van der Waals surface area (Å²) in [5.41, 5.74) is 0.320. The van der Waals surface area contributed by atoms with Gasteiger partial charge in [-0.05, 0) is 46.6 Å². The molecule has 1 saturated heterocycles. The fourth-order valence-corrected chi connectivity index (χ4v) is 2.75. The van der Waals surface area contributed by atoms with Crippen molar-refractivity contribution >= 4 is 11.8 Å². The van der Waals surface area contributed by atoms with Crippen molar-refractivity contribution in [2.75, 3.05) is 25.0 Å². The summed E-state index contributed by atoms with van der Waals surface area (Å²) in [7, 11) is 0. The predicted octanol–water partition coefficient (Wildman–Crippen LogP) is 3.15. The average molecular weight is 318 g/mol. The summed E-state index contributed by atoms with van der Waals surface area (Å²) in [6, 6.07) is 3.68. The molecule has 2 rings (SSSR count). The molecular weight excluding hydrogens is 292 g/mol. The van der Waals surface area contributed by atoms with Crippen LogP contribution in [0.25, 0.3) is 0 Å². The van der Waals surface area contributed by atoms with E-state index in [1.165, 1.54) is 0 Å². The number of urea groups is 1. The van der Waals surface area contributed by atoms with Gasteiger partial charge in [0, 0.05) is 31.4 Å². The van der Waals surface area contributed by atoms with Crippen LogP contribution in [0.5, 0.6) is 0 Å². The van der Waals surface area contributed by atoms with Crippen LogP contribution in [0.4, 0.5) is 10.6 Å². The molecule has 1 fully saturated rings. The molecule has 0 spiro atoms. The number of aromatic nitrogens is 1. The number of nitrogens with zero attached hydrogens (tertiary/aromatic N) is 3. The molecule has 23 heavy (non-hydrogen) atoms. The number of rotatable bonds is 4. The van der Waals surface area contributed by atoms with Crippen LogP contribution in [0.15, 0.2) is 12.3 Å². The number of hydrogen-bond acceptors (Lipinski definition) is 3. The van der Waals surface area contributed by atoms with Gasteiger partial charge in [-0.1, -0.05) is 0 Å². The topological polar surface area (TPSA) is 70.3 Å². The molecule has 1 aliphatic heterocycles. The zero-order valence-electron chi connectivity index (χ0n) is 14.4. The molecule has 1 aromatic heterocycles.